The number of thioether (sulfide) groups is 1. The van der Waals surface area contributed by atoms with Crippen molar-refractivity contribution in [1.29, 1.82) is 0 Å². The number of nitrogens with one attached hydrogen (secondary N) is 1. The second-order valence-corrected chi connectivity index (χ2v) is 5.67. The van der Waals surface area contributed by atoms with Crippen molar-refractivity contribution in [3.05, 3.63) is 32.8 Å². The molecule has 1 aromatic heterocycles. The molecule has 20 heavy (non-hydrogen) atoms. The molecule has 2 atom stereocenters. The lowest BCUT2D eigenvalue weighted by Gasteiger charge is -2.25. The molecular weight excluding hydrogens is 286 g/mol. The van der Waals surface area contributed by atoms with E-state index in [1.807, 2.05) is 0 Å². The van der Waals surface area contributed by atoms with Crippen molar-refractivity contribution in [2.24, 2.45) is 0 Å². The first-order chi connectivity index (χ1) is 9.40. The molecule has 1 fully saturated rings. The highest BCUT2D eigenvalue weighted by atomic mass is 32.2. The van der Waals surface area contributed by atoms with Crippen LogP contribution in [0.2, 0.25) is 0 Å². The van der Waals surface area contributed by atoms with Gasteiger partial charge >= 0.3 is 5.97 Å². The summed E-state index contributed by atoms with van der Waals surface area (Å²) >= 11 is 1.35. The van der Waals surface area contributed by atoms with E-state index in [-0.39, 0.29) is 11.9 Å². The van der Waals surface area contributed by atoms with Crippen molar-refractivity contribution in [1.82, 2.24) is 14.7 Å². The van der Waals surface area contributed by atoms with Gasteiger partial charge in [0.2, 0.25) is 5.91 Å². The van der Waals surface area contributed by atoms with E-state index < -0.39 is 29.0 Å². The molecule has 1 aliphatic heterocycles. The van der Waals surface area contributed by atoms with Gasteiger partial charge < -0.3 is 10.0 Å². The molecule has 8 nitrogen and oxygen atoms in total. The molecule has 108 valence electrons. The summed E-state index contributed by atoms with van der Waals surface area (Å²) in [6, 6.07) is 1.22. The van der Waals surface area contributed by atoms with Crippen LogP contribution in [0, 0.1) is 0 Å². The Bertz CT molecular complexity index is 652. The molecule has 2 N–H and O–H groups in total. The van der Waals surface area contributed by atoms with Crippen LogP contribution in [0.4, 0.5) is 0 Å². The van der Waals surface area contributed by atoms with Crippen LogP contribution in [0.15, 0.2) is 21.7 Å². The van der Waals surface area contributed by atoms with Crippen molar-refractivity contribution in [2.45, 2.75) is 24.9 Å². The van der Waals surface area contributed by atoms with E-state index in [4.69, 9.17) is 5.11 Å². The van der Waals surface area contributed by atoms with E-state index in [9.17, 15) is 19.2 Å². The van der Waals surface area contributed by atoms with Crippen LogP contribution in [-0.4, -0.2) is 48.8 Å². The number of hydrogen-bond donors (Lipinski definition) is 2. The summed E-state index contributed by atoms with van der Waals surface area (Å²) in [6.07, 6.45) is 0. The zero-order chi connectivity index (χ0) is 14.9. The van der Waals surface area contributed by atoms with Gasteiger partial charge in [-0.1, -0.05) is 0 Å². The number of H-pyrrole nitrogens is 1. The number of nitrogens with zero attached hydrogens (tertiary/aromatic N) is 2. The Hall–Kier alpha value is -2.03. The second-order valence-electron chi connectivity index (χ2n) is 4.32. The number of aromatic amines is 1. The van der Waals surface area contributed by atoms with E-state index in [0.717, 1.165) is 16.8 Å². The highest BCUT2D eigenvalue weighted by Gasteiger charge is 2.39. The molecule has 2 unspecified atom stereocenters. The molecule has 0 saturated carbocycles. The molecule has 0 radical (unpaired) electrons. The first-order valence-electron chi connectivity index (χ1n) is 5.86. The van der Waals surface area contributed by atoms with E-state index in [0.29, 0.717) is 5.75 Å². The van der Waals surface area contributed by atoms with Crippen LogP contribution in [0.5, 0.6) is 0 Å². The summed E-state index contributed by atoms with van der Waals surface area (Å²) in [5.74, 6) is -1.29. The summed E-state index contributed by atoms with van der Waals surface area (Å²) in [5, 5.41) is 11.0. The Labute approximate surface area is 117 Å². The normalized spacial score (nSPS) is 21.9. The van der Waals surface area contributed by atoms with Crippen molar-refractivity contribution >= 4 is 23.6 Å². The summed E-state index contributed by atoms with van der Waals surface area (Å²) in [4.78, 5) is 47.2. The third kappa shape index (κ3) is 2.77. The highest BCUT2D eigenvalue weighted by Crippen LogP contribution is 2.28. The maximum Gasteiger partial charge on any atom is 0.327 e. The fraction of sp³-hybridized carbons (Fsp3) is 0.455. The molecule has 0 bridgehead atoms. The molecule has 9 heteroatoms. The number of aliphatic carboxylic acids is 1. The minimum absolute atomic E-state index is 0.283. The Balaban J connectivity index is 2.23. The molecule has 1 amide bonds. The van der Waals surface area contributed by atoms with E-state index in [2.05, 4.69) is 5.10 Å². The predicted octanol–water partition coefficient (Wildman–Crippen LogP) is -1.09. The van der Waals surface area contributed by atoms with E-state index in [1.165, 1.54) is 16.7 Å². The highest BCUT2D eigenvalue weighted by molar-refractivity contribution is 8.00. The lowest BCUT2D eigenvalue weighted by molar-refractivity contribution is -0.149. The van der Waals surface area contributed by atoms with Crippen LogP contribution in [0.3, 0.4) is 0 Å². The number of hydrogen-bond acceptors (Lipinski definition) is 5. The number of amides is 1. The van der Waals surface area contributed by atoms with Gasteiger partial charge in [-0.05, 0) is 6.92 Å². The van der Waals surface area contributed by atoms with Crippen LogP contribution >= 0.6 is 11.8 Å². The molecule has 2 rings (SSSR count). The monoisotopic (exact) mass is 299 g/mol. The average Bonchev–Trinajstić information content (AvgIpc) is 2.76. The Kier molecular flexibility index (Phi) is 3.98. The van der Waals surface area contributed by atoms with Crippen molar-refractivity contribution in [3.63, 3.8) is 0 Å². The predicted molar refractivity (Wildman–Crippen MR) is 71.5 cm³/mol. The van der Waals surface area contributed by atoms with Crippen molar-refractivity contribution in [3.8, 4) is 0 Å². The van der Waals surface area contributed by atoms with Gasteiger partial charge in [0.05, 0.1) is 5.37 Å². The van der Waals surface area contributed by atoms with Crippen molar-refractivity contribution in [2.75, 3.05) is 5.75 Å². The van der Waals surface area contributed by atoms with E-state index in [1.54, 1.807) is 6.92 Å². The van der Waals surface area contributed by atoms with Gasteiger partial charge in [0.1, 0.15) is 12.6 Å². The lowest BCUT2D eigenvalue weighted by atomic mass is 10.2. The molecule has 1 aromatic rings. The summed E-state index contributed by atoms with van der Waals surface area (Å²) in [5.41, 5.74) is -1.03. The largest absolute Gasteiger partial charge is 0.480 e. The Morgan fingerprint density at radius 1 is 1.45 bits per heavy atom. The molecule has 1 saturated heterocycles. The average molecular weight is 299 g/mol. The standard InChI is InChI=1S/C11H13N3O5S/c1-6-14(7(5-20-6)11(18)19)10(17)4-13-9(16)3-2-8(15)12-13/h2-3,6-7H,4-5H2,1H3,(H,12,15)(H,18,19). The second kappa shape index (κ2) is 5.53. The van der Waals surface area contributed by atoms with Gasteiger partial charge in [-0.2, -0.15) is 0 Å². The molecule has 0 spiro atoms. The van der Waals surface area contributed by atoms with Gasteiger partial charge in [0.25, 0.3) is 11.1 Å². The van der Waals surface area contributed by atoms with Crippen LogP contribution < -0.4 is 11.1 Å². The fourth-order valence-electron chi connectivity index (χ4n) is 2.01. The van der Waals surface area contributed by atoms with Gasteiger partial charge in [-0.3, -0.25) is 19.5 Å². The summed E-state index contributed by atoms with van der Waals surface area (Å²) in [7, 11) is 0. The number of aromatic nitrogens is 2. The molecule has 2 heterocycles. The quantitative estimate of drug-likeness (QED) is 0.733. The molecular formula is C11H13N3O5S. The first-order valence-corrected chi connectivity index (χ1v) is 6.91. The number of carboxylic acids is 1. The molecule has 0 aliphatic carbocycles. The van der Waals surface area contributed by atoms with Crippen LogP contribution in [0.1, 0.15) is 6.92 Å². The SMILES string of the molecule is CC1SCC(C(=O)O)N1C(=O)Cn1[nH]c(=O)ccc1=O. The first kappa shape index (κ1) is 14.4. The molecule has 1 aliphatic rings. The summed E-state index contributed by atoms with van der Waals surface area (Å²) < 4.78 is 0.874. The zero-order valence-corrected chi connectivity index (χ0v) is 11.4. The number of carbonyl (C=O) groups is 2. The van der Waals surface area contributed by atoms with Crippen molar-refractivity contribution < 1.29 is 14.7 Å². The van der Waals surface area contributed by atoms with Gasteiger partial charge in [0.15, 0.2) is 0 Å². The minimum atomic E-state index is -1.08. The lowest BCUT2D eigenvalue weighted by Crippen LogP contribution is -2.47. The third-order valence-electron chi connectivity index (χ3n) is 2.98. The van der Waals surface area contributed by atoms with E-state index >= 15 is 0 Å². The van der Waals surface area contributed by atoms with Gasteiger partial charge in [0, 0.05) is 17.9 Å². The van der Waals surface area contributed by atoms with Gasteiger partial charge in [-0.25, -0.2) is 9.48 Å². The smallest absolute Gasteiger partial charge is 0.327 e. The number of carboxylic acid groups (broad SMARTS) is 1. The minimum Gasteiger partial charge on any atom is -0.480 e. The van der Waals surface area contributed by atoms with Crippen LogP contribution in [-0.2, 0) is 16.1 Å². The Morgan fingerprint density at radius 3 is 2.80 bits per heavy atom. The van der Waals surface area contributed by atoms with Crippen LogP contribution in [0.25, 0.3) is 0 Å². The molecule has 0 aromatic carbocycles. The maximum atomic E-state index is 12.2. The number of rotatable bonds is 3. The fourth-order valence-corrected chi connectivity index (χ4v) is 3.20. The summed E-state index contributed by atoms with van der Waals surface area (Å²) in [6.45, 7) is 1.34. The zero-order valence-electron chi connectivity index (χ0n) is 10.6. The van der Waals surface area contributed by atoms with Gasteiger partial charge in [-0.15, -0.1) is 11.8 Å². The maximum absolute atomic E-state index is 12.2. The third-order valence-corrected chi connectivity index (χ3v) is 4.20. The topological polar surface area (TPSA) is 112 Å². The number of carbonyl (C=O) groups excluding carboxylic acids is 1. The Morgan fingerprint density at radius 2 is 2.15 bits per heavy atom.